The van der Waals surface area contributed by atoms with Gasteiger partial charge in [0.2, 0.25) is 5.95 Å². The van der Waals surface area contributed by atoms with Crippen molar-refractivity contribution in [3.05, 3.63) is 47.3 Å². The molecule has 3 N–H and O–H groups in total. The van der Waals surface area contributed by atoms with E-state index in [1.54, 1.807) is 11.6 Å². The molecule has 0 amide bonds. The summed E-state index contributed by atoms with van der Waals surface area (Å²) in [4.78, 5) is 9.01. The molecular weight excluding hydrogens is 414 g/mol. The highest BCUT2D eigenvalue weighted by Gasteiger charge is 2.22. The van der Waals surface area contributed by atoms with Crippen LogP contribution in [0.5, 0.6) is 0 Å². The Bertz CT molecular complexity index is 1370. The van der Waals surface area contributed by atoms with Gasteiger partial charge in [-0.2, -0.15) is 28.9 Å². The van der Waals surface area contributed by atoms with Gasteiger partial charge in [0.1, 0.15) is 11.5 Å². The van der Waals surface area contributed by atoms with Crippen LogP contribution in [0.4, 0.5) is 26.2 Å². The van der Waals surface area contributed by atoms with Gasteiger partial charge in [0.05, 0.1) is 23.0 Å². The van der Waals surface area contributed by atoms with Crippen molar-refractivity contribution in [2.45, 2.75) is 39.8 Å². The third-order valence-corrected chi connectivity index (χ3v) is 5.49. The molecule has 1 aliphatic rings. The van der Waals surface area contributed by atoms with E-state index >= 15 is 0 Å². The number of nitrogens with two attached hydrogens (primary N) is 1. The van der Waals surface area contributed by atoms with Gasteiger partial charge in [-0.3, -0.25) is 0 Å². The van der Waals surface area contributed by atoms with Gasteiger partial charge in [-0.15, -0.1) is 0 Å². The van der Waals surface area contributed by atoms with Crippen molar-refractivity contribution in [1.82, 2.24) is 29.5 Å². The quantitative estimate of drug-likeness (QED) is 0.463. The fraction of sp³-hybridized carbons (Fsp3) is 0.273. The summed E-state index contributed by atoms with van der Waals surface area (Å²) in [6.45, 7) is 2.90. The average molecular weight is 436 g/mol. The van der Waals surface area contributed by atoms with Crippen LogP contribution < -0.4 is 11.1 Å². The number of anilines is 3. The third-order valence-electron chi connectivity index (χ3n) is 5.49. The standard InChI is InChI=1S/C22H22F2N8/c1-11(2)32-20-17(18(30-32)15-8-7-13-5-4-6-14(13)9-15)19(25)27-22(28-20)26-16-10-31(21(23)24)29-12(16)3/h4,6-11,21H,5H2,1-3H3,(H3,25,26,27,28). The van der Waals surface area contributed by atoms with E-state index in [0.29, 0.717) is 32.8 Å². The first kappa shape index (κ1) is 20.1. The Morgan fingerprint density at radius 3 is 2.69 bits per heavy atom. The smallest absolute Gasteiger partial charge is 0.333 e. The number of halogens is 2. The zero-order valence-corrected chi connectivity index (χ0v) is 17.8. The molecule has 4 aromatic rings. The largest absolute Gasteiger partial charge is 0.383 e. The van der Waals surface area contributed by atoms with E-state index in [9.17, 15) is 8.78 Å². The van der Waals surface area contributed by atoms with Gasteiger partial charge in [0.15, 0.2) is 5.65 Å². The van der Waals surface area contributed by atoms with Crippen molar-refractivity contribution in [1.29, 1.82) is 0 Å². The number of nitrogens with one attached hydrogen (secondary N) is 1. The minimum Gasteiger partial charge on any atom is -0.383 e. The Balaban J connectivity index is 1.62. The zero-order chi connectivity index (χ0) is 22.6. The van der Waals surface area contributed by atoms with Crippen molar-refractivity contribution in [2.75, 3.05) is 11.1 Å². The Labute approximate surface area is 182 Å². The minimum absolute atomic E-state index is 0.0195. The lowest BCUT2D eigenvalue weighted by atomic mass is 10.0. The van der Waals surface area contributed by atoms with Crippen molar-refractivity contribution in [3.63, 3.8) is 0 Å². The first-order chi connectivity index (χ1) is 15.3. The van der Waals surface area contributed by atoms with Crippen molar-refractivity contribution < 1.29 is 8.78 Å². The number of hydrogen-bond acceptors (Lipinski definition) is 6. The maximum absolute atomic E-state index is 13.0. The number of benzene rings is 1. The van der Waals surface area contributed by atoms with E-state index in [-0.39, 0.29) is 17.8 Å². The predicted molar refractivity (Wildman–Crippen MR) is 120 cm³/mol. The zero-order valence-electron chi connectivity index (χ0n) is 17.8. The fourth-order valence-electron chi connectivity index (χ4n) is 3.90. The molecule has 0 aliphatic heterocycles. The molecule has 1 aliphatic carbocycles. The van der Waals surface area contributed by atoms with Gasteiger partial charge in [0, 0.05) is 11.6 Å². The Morgan fingerprint density at radius 2 is 1.97 bits per heavy atom. The number of alkyl halides is 2. The molecule has 0 bridgehead atoms. The minimum atomic E-state index is -2.73. The number of hydrogen-bond donors (Lipinski definition) is 2. The van der Waals surface area contributed by atoms with Gasteiger partial charge >= 0.3 is 6.55 Å². The maximum Gasteiger partial charge on any atom is 0.333 e. The Morgan fingerprint density at radius 1 is 1.16 bits per heavy atom. The van der Waals surface area contributed by atoms with E-state index in [1.165, 1.54) is 17.3 Å². The molecule has 0 saturated heterocycles. The third kappa shape index (κ3) is 3.28. The lowest BCUT2D eigenvalue weighted by Gasteiger charge is -2.08. The molecule has 3 aromatic heterocycles. The van der Waals surface area contributed by atoms with Crippen LogP contribution in [0.25, 0.3) is 28.4 Å². The number of aryl methyl sites for hydroxylation is 1. The first-order valence-electron chi connectivity index (χ1n) is 10.3. The number of nitrogens with zero attached hydrogens (tertiary/aromatic N) is 6. The number of allylic oxidation sites excluding steroid dienone is 1. The van der Waals surface area contributed by atoms with Crippen LogP contribution in [0, 0.1) is 6.92 Å². The lowest BCUT2D eigenvalue weighted by molar-refractivity contribution is 0.0563. The fourth-order valence-corrected chi connectivity index (χ4v) is 3.90. The number of fused-ring (bicyclic) bond motifs is 2. The number of nitrogen functional groups attached to an aromatic ring is 1. The van der Waals surface area contributed by atoms with Gasteiger partial charge in [-0.1, -0.05) is 24.3 Å². The van der Waals surface area contributed by atoms with E-state index in [1.807, 2.05) is 19.9 Å². The molecule has 0 spiro atoms. The second kappa shape index (κ2) is 7.40. The molecule has 5 rings (SSSR count). The van der Waals surface area contributed by atoms with E-state index in [4.69, 9.17) is 10.8 Å². The highest BCUT2D eigenvalue weighted by Crippen LogP contribution is 2.35. The second-order valence-electron chi connectivity index (χ2n) is 8.05. The van der Waals surface area contributed by atoms with Gasteiger partial charge < -0.3 is 11.1 Å². The topological polar surface area (TPSA) is 99.5 Å². The molecular formula is C22H22F2N8. The predicted octanol–water partition coefficient (Wildman–Crippen LogP) is 4.87. The van der Waals surface area contributed by atoms with Crippen LogP contribution in [-0.2, 0) is 6.42 Å². The molecule has 0 saturated carbocycles. The highest BCUT2D eigenvalue weighted by atomic mass is 19.3. The summed E-state index contributed by atoms with van der Waals surface area (Å²) in [6, 6.07) is 6.25. The van der Waals surface area contributed by atoms with Gasteiger partial charge in [0.25, 0.3) is 0 Å². The molecule has 164 valence electrons. The first-order valence-corrected chi connectivity index (χ1v) is 10.3. The molecule has 0 atom stereocenters. The van der Waals surface area contributed by atoms with Gasteiger partial charge in [-0.05, 0) is 44.4 Å². The van der Waals surface area contributed by atoms with Crippen LogP contribution in [0.3, 0.4) is 0 Å². The van der Waals surface area contributed by atoms with E-state index < -0.39 is 6.55 Å². The maximum atomic E-state index is 13.0. The number of aromatic nitrogens is 6. The van der Waals surface area contributed by atoms with E-state index in [0.717, 1.165) is 12.0 Å². The average Bonchev–Trinajstić information content (AvgIpc) is 3.44. The second-order valence-corrected chi connectivity index (χ2v) is 8.05. The summed E-state index contributed by atoms with van der Waals surface area (Å²) in [5.74, 6) is 0.450. The molecule has 10 heteroatoms. The van der Waals surface area contributed by atoms with Crippen molar-refractivity contribution in [3.8, 4) is 11.3 Å². The Kier molecular flexibility index (Phi) is 4.65. The number of rotatable bonds is 5. The highest BCUT2D eigenvalue weighted by molar-refractivity contribution is 5.99. The van der Waals surface area contributed by atoms with Crippen LogP contribution >= 0.6 is 0 Å². The lowest BCUT2D eigenvalue weighted by Crippen LogP contribution is -2.06. The summed E-state index contributed by atoms with van der Waals surface area (Å²) < 4.78 is 28.3. The molecule has 0 unspecified atom stereocenters. The van der Waals surface area contributed by atoms with Gasteiger partial charge in [-0.25, -0.2) is 9.36 Å². The summed E-state index contributed by atoms with van der Waals surface area (Å²) in [5, 5.41) is 12.2. The normalized spacial score (nSPS) is 13.0. The molecule has 0 radical (unpaired) electrons. The summed E-state index contributed by atoms with van der Waals surface area (Å²) in [7, 11) is 0. The SMILES string of the molecule is Cc1nn(C(F)F)cc1Nc1nc(N)c2c(-c3ccc4c(c3)C=CC4)nn(C(C)C)c2n1. The monoisotopic (exact) mass is 436 g/mol. The van der Waals surface area contributed by atoms with Crippen molar-refractivity contribution in [2.24, 2.45) is 0 Å². The summed E-state index contributed by atoms with van der Waals surface area (Å²) in [6.07, 6.45) is 6.38. The summed E-state index contributed by atoms with van der Waals surface area (Å²) in [5.41, 5.74) is 11.8. The summed E-state index contributed by atoms with van der Waals surface area (Å²) >= 11 is 0. The Hall–Kier alpha value is -3.82. The van der Waals surface area contributed by atoms with Crippen LogP contribution in [-0.4, -0.2) is 29.5 Å². The molecule has 32 heavy (non-hydrogen) atoms. The van der Waals surface area contributed by atoms with Crippen LogP contribution in [0.1, 0.15) is 43.3 Å². The van der Waals surface area contributed by atoms with Crippen molar-refractivity contribution >= 4 is 34.6 Å². The molecule has 0 fully saturated rings. The molecule has 1 aromatic carbocycles. The molecule has 8 nitrogen and oxygen atoms in total. The molecule has 3 heterocycles. The van der Waals surface area contributed by atoms with Crippen LogP contribution in [0.2, 0.25) is 0 Å². The van der Waals surface area contributed by atoms with E-state index in [2.05, 4.69) is 44.7 Å². The van der Waals surface area contributed by atoms with Crippen LogP contribution in [0.15, 0.2) is 30.5 Å².